The number of pyridine rings is 1. The molecule has 15 heteroatoms. The molecule has 0 unspecified atom stereocenters. The van der Waals surface area contributed by atoms with Gasteiger partial charge in [0.25, 0.3) is 5.91 Å². The first kappa shape index (κ1) is 31.9. The number of alkyl halides is 3. The molecule has 0 radical (unpaired) electrons. The molecule has 0 saturated heterocycles. The van der Waals surface area contributed by atoms with Gasteiger partial charge in [0.1, 0.15) is 17.2 Å². The Hall–Kier alpha value is -3.64. The average Bonchev–Trinajstić information content (AvgIpc) is 2.90. The van der Waals surface area contributed by atoms with Crippen molar-refractivity contribution in [1.82, 2.24) is 10.3 Å². The molecule has 0 atom stereocenters. The molecule has 1 aromatic heterocycles. The van der Waals surface area contributed by atoms with Crippen LogP contribution in [-0.4, -0.2) is 42.8 Å². The third-order valence-corrected chi connectivity index (χ3v) is 7.57. The van der Waals surface area contributed by atoms with Gasteiger partial charge in [-0.05, 0) is 62.4 Å². The lowest BCUT2D eigenvalue weighted by atomic mass is 10.2. The number of halogens is 4. The van der Waals surface area contributed by atoms with Gasteiger partial charge in [0.05, 0.1) is 30.0 Å². The third-order valence-electron chi connectivity index (χ3n) is 5.16. The predicted octanol–water partition coefficient (Wildman–Crippen LogP) is 7.19. The Bertz CT molecular complexity index is 1400. The molecule has 0 bridgehead atoms. The first-order valence-corrected chi connectivity index (χ1v) is 14.4. The van der Waals surface area contributed by atoms with Gasteiger partial charge in [0, 0.05) is 30.2 Å². The van der Waals surface area contributed by atoms with Gasteiger partial charge in [-0.2, -0.15) is 13.2 Å². The third kappa shape index (κ3) is 9.75. The summed E-state index contributed by atoms with van der Waals surface area (Å²) in [5.74, 6) is 0.167. The number of amides is 3. The number of carbonyl (C=O) groups excluding carboxylic acids is 2. The van der Waals surface area contributed by atoms with Crippen molar-refractivity contribution in [2.45, 2.75) is 20.0 Å². The Labute approximate surface area is 239 Å². The van der Waals surface area contributed by atoms with Gasteiger partial charge in [0.2, 0.25) is 0 Å². The molecule has 3 aromatic rings. The standard InChI is InChI=1S/C26H27ClF3N4O6P/c1-3-38-41(37,39-4-2)14-13-32-24(35)23-16-20(11-12-31-23)40-19-8-5-17(6-9-19)33-25(36)34-18-7-10-22(27)21(15-18)26(28,29)30/h5-12,15-16H,3-4,13-14H2,1-2H3,(H,32,35)(H2,33,34,36). The van der Waals surface area contributed by atoms with E-state index in [4.69, 9.17) is 25.4 Å². The summed E-state index contributed by atoms with van der Waals surface area (Å²) in [6, 6.07) is 11.3. The Morgan fingerprint density at radius 3 is 2.20 bits per heavy atom. The minimum atomic E-state index is -4.67. The number of benzene rings is 2. The maximum absolute atomic E-state index is 13.0. The molecule has 3 amide bonds. The number of carbonyl (C=O) groups is 2. The number of nitrogens with zero attached hydrogens (tertiary/aromatic N) is 1. The summed E-state index contributed by atoms with van der Waals surface area (Å²) in [4.78, 5) is 28.8. The molecule has 3 rings (SSSR count). The van der Waals surface area contributed by atoms with Crippen LogP contribution in [0.2, 0.25) is 5.02 Å². The van der Waals surface area contributed by atoms with Crippen molar-refractivity contribution in [1.29, 1.82) is 0 Å². The quantitative estimate of drug-likeness (QED) is 0.184. The first-order valence-electron chi connectivity index (χ1n) is 12.3. The topological polar surface area (TPSA) is 128 Å². The molecule has 0 saturated carbocycles. The fraction of sp³-hybridized carbons (Fsp3) is 0.269. The maximum Gasteiger partial charge on any atom is 0.417 e. The summed E-state index contributed by atoms with van der Waals surface area (Å²) in [6.45, 7) is 3.87. The molecule has 0 aliphatic rings. The van der Waals surface area contributed by atoms with Crippen molar-refractivity contribution in [3.63, 3.8) is 0 Å². The van der Waals surface area contributed by atoms with Crippen molar-refractivity contribution in [2.75, 3.05) is 36.6 Å². The molecule has 3 N–H and O–H groups in total. The second-order valence-corrected chi connectivity index (χ2v) is 10.8. The normalized spacial score (nSPS) is 11.6. The van der Waals surface area contributed by atoms with Crippen molar-refractivity contribution in [2.24, 2.45) is 0 Å². The van der Waals surface area contributed by atoms with Gasteiger partial charge in [-0.25, -0.2) is 4.79 Å². The number of aromatic nitrogens is 1. The molecular weight excluding hydrogens is 588 g/mol. The minimum Gasteiger partial charge on any atom is -0.457 e. The number of nitrogens with one attached hydrogen (secondary N) is 3. The van der Waals surface area contributed by atoms with Gasteiger partial charge < -0.3 is 29.7 Å². The molecule has 10 nitrogen and oxygen atoms in total. The number of ether oxygens (including phenoxy) is 1. The highest BCUT2D eigenvalue weighted by Crippen LogP contribution is 2.47. The van der Waals surface area contributed by atoms with Crippen LogP contribution in [0.1, 0.15) is 29.9 Å². The van der Waals surface area contributed by atoms with Crippen LogP contribution >= 0.6 is 19.2 Å². The van der Waals surface area contributed by atoms with Crippen molar-refractivity contribution >= 4 is 42.5 Å². The zero-order valence-electron chi connectivity index (χ0n) is 22.0. The van der Waals surface area contributed by atoms with E-state index in [0.717, 1.165) is 12.1 Å². The summed E-state index contributed by atoms with van der Waals surface area (Å²) < 4.78 is 67.8. The average molecular weight is 615 g/mol. The number of rotatable bonds is 12. The molecule has 0 fully saturated rings. The van der Waals surface area contributed by atoms with Crippen LogP contribution in [0.3, 0.4) is 0 Å². The Balaban J connectivity index is 1.55. The second kappa shape index (κ2) is 14.3. The highest BCUT2D eigenvalue weighted by Gasteiger charge is 2.33. The summed E-state index contributed by atoms with van der Waals surface area (Å²) in [5.41, 5.74) is -0.750. The molecule has 220 valence electrons. The lowest BCUT2D eigenvalue weighted by Crippen LogP contribution is -2.27. The maximum atomic E-state index is 13.0. The van der Waals surface area contributed by atoms with E-state index in [-0.39, 0.29) is 37.3 Å². The van der Waals surface area contributed by atoms with Crippen molar-refractivity contribution in [3.8, 4) is 11.5 Å². The van der Waals surface area contributed by atoms with Crippen LogP contribution in [0.15, 0.2) is 60.8 Å². The van der Waals surface area contributed by atoms with Gasteiger partial charge in [-0.15, -0.1) is 0 Å². The van der Waals surface area contributed by atoms with Gasteiger partial charge in [0.15, 0.2) is 0 Å². The Morgan fingerprint density at radius 2 is 1.56 bits per heavy atom. The van der Waals surface area contributed by atoms with E-state index in [9.17, 15) is 27.3 Å². The van der Waals surface area contributed by atoms with Crippen LogP contribution in [-0.2, 0) is 19.8 Å². The van der Waals surface area contributed by atoms with E-state index in [1.165, 1.54) is 36.5 Å². The number of hydrogen-bond acceptors (Lipinski definition) is 7. The Morgan fingerprint density at radius 1 is 0.927 bits per heavy atom. The second-order valence-electron chi connectivity index (χ2n) is 8.20. The predicted molar refractivity (Wildman–Crippen MR) is 148 cm³/mol. The van der Waals surface area contributed by atoms with E-state index >= 15 is 0 Å². The van der Waals surface area contributed by atoms with Gasteiger partial charge in [-0.3, -0.25) is 14.3 Å². The van der Waals surface area contributed by atoms with Crippen LogP contribution in [0.4, 0.5) is 29.3 Å². The van der Waals surface area contributed by atoms with Crippen LogP contribution < -0.4 is 20.7 Å². The molecule has 2 aromatic carbocycles. The summed E-state index contributed by atoms with van der Waals surface area (Å²) in [7, 11) is -3.30. The van der Waals surface area contributed by atoms with E-state index in [2.05, 4.69) is 20.9 Å². The van der Waals surface area contributed by atoms with Gasteiger partial charge in [-0.1, -0.05) is 11.6 Å². The molecule has 41 heavy (non-hydrogen) atoms. The first-order chi connectivity index (χ1) is 19.4. The summed E-state index contributed by atoms with van der Waals surface area (Å²) in [5, 5.41) is 6.97. The fourth-order valence-corrected chi connectivity index (χ4v) is 5.14. The monoisotopic (exact) mass is 614 g/mol. The molecule has 1 heterocycles. The van der Waals surface area contributed by atoms with Crippen LogP contribution in [0.25, 0.3) is 0 Å². The number of hydrogen-bond donors (Lipinski definition) is 3. The van der Waals surface area contributed by atoms with Crippen molar-refractivity contribution < 1.29 is 41.1 Å². The van der Waals surface area contributed by atoms with Crippen LogP contribution in [0, 0.1) is 0 Å². The smallest absolute Gasteiger partial charge is 0.417 e. The van der Waals surface area contributed by atoms with E-state index in [1.807, 2.05) is 0 Å². The number of anilines is 2. The summed E-state index contributed by atoms with van der Waals surface area (Å²) >= 11 is 5.60. The highest BCUT2D eigenvalue weighted by atomic mass is 35.5. The van der Waals surface area contributed by atoms with Crippen molar-refractivity contribution in [3.05, 3.63) is 77.1 Å². The lowest BCUT2D eigenvalue weighted by molar-refractivity contribution is -0.137. The SMILES string of the molecule is CCOP(=O)(CCNC(=O)c1cc(Oc2ccc(NC(=O)Nc3ccc(Cl)c(C(F)(F)F)c3)cc2)ccn1)OCC. The molecule has 0 spiro atoms. The van der Waals surface area contributed by atoms with Crippen LogP contribution in [0.5, 0.6) is 11.5 Å². The minimum absolute atomic E-state index is 0.00329. The highest BCUT2D eigenvalue weighted by molar-refractivity contribution is 7.53. The number of urea groups is 1. The zero-order chi connectivity index (χ0) is 30.0. The molecular formula is C26H27ClF3N4O6P. The molecule has 0 aliphatic heterocycles. The Kier molecular flexibility index (Phi) is 11.1. The summed E-state index contributed by atoms with van der Waals surface area (Å²) in [6.07, 6.45) is -3.28. The van der Waals surface area contributed by atoms with E-state index in [1.54, 1.807) is 26.0 Å². The fourth-order valence-electron chi connectivity index (χ4n) is 3.41. The zero-order valence-corrected chi connectivity index (χ0v) is 23.6. The molecule has 0 aliphatic carbocycles. The van der Waals surface area contributed by atoms with E-state index < -0.39 is 36.3 Å². The van der Waals surface area contributed by atoms with E-state index in [0.29, 0.717) is 17.2 Å². The largest absolute Gasteiger partial charge is 0.457 e. The lowest BCUT2D eigenvalue weighted by Gasteiger charge is -2.17. The van der Waals surface area contributed by atoms with Gasteiger partial charge >= 0.3 is 19.8 Å².